The van der Waals surface area contributed by atoms with Gasteiger partial charge in [0.1, 0.15) is 28.4 Å². The highest BCUT2D eigenvalue weighted by Crippen LogP contribution is 2.33. The van der Waals surface area contributed by atoms with Gasteiger partial charge in [0, 0.05) is 10.0 Å². The molecule has 0 N–H and O–H groups in total. The van der Waals surface area contributed by atoms with Gasteiger partial charge in [0.25, 0.3) is 0 Å². The van der Waals surface area contributed by atoms with Crippen LogP contribution < -0.4 is 4.74 Å². The molecule has 0 bridgehead atoms. The van der Waals surface area contributed by atoms with Gasteiger partial charge in [-0.15, -0.1) is 16.4 Å². The van der Waals surface area contributed by atoms with E-state index in [4.69, 9.17) is 14.5 Å². The van der Waals surface area contributed by atoms with Gasteiger partial charge in [-0.25, -0.2) is 19.3 Å². The summed E-state index contributed by atoms with van der Waals surface area (Å²) in [5.41, 5.74) is 3.33. The second-order valence-electron chi connectivity index (χ2n) is 7.12. The van der Waals surface area contributed by atoms with E-state index in [1.807, 2.05) is 55.5 Å². The number of aryl methyl sites for hydroxylation is 1. The second-order valence-corrected chi connectivity index (χ2v) is 9.04. The molecule has 32 heavy (non-hydrogen) atoms. The molecule has 3 aromatic heterocycles. The Morgan fingerprint density at radius 3 is 2.84 bits per heavy atom. The number of benzene rings is 2. The van der Waals surface area contributed by atoms with Gasteiger partial charge < -0.3 is 9.47 Å². The molecule has 0 atom stereocenters. The van der Waals surface area contributed by atoms with Crippen LogP contribution >= 0.6 is 27.3 Å². The molecule has 5 aromatic rings. The van der Waals surface area contributed by atoms with E-state index in [0.717, 1.165) is 37.1 Å². The van der Waals surface area contributed by atoms with E-state index in [2.05, 4.69) is 26.0 Å². The molecule has 0 unspecified atom stereocenters. The Kier molecular flexibility index (Phi) is 5.36. The number of ether oxygens (including phenoxy) is 2. The number of carbonyl (C=O) groups is 1. The minimum atomic E-state index is -0.374. The number of nitrogens with zero attached hydrogens (tertiary/aromatic N) is 4. The van der Waals surface area contributed by atoms with Crippen LogP contribution in [0.25, 0.3) is 27.3 Å². The minimum Gasteiger partial charge on any atom is -0.489 e. The molecule has 0 aliphatic carbocycles. The number of hydrogen-bond acceptors (Lipinski definition) is 7. The molecule has 3 heterocycles. The maximum absolute atomic E-state index is 12.1. The van der Waals surface area contributed by atoms with Gasteiger partial charge in [-0.05, 0) is 42.3 Å². The molecule has 0 fully saturated rings. The largest absolute Gasteiger partial charge is 0.489 e. The lowest BCUT2D eigenvalue weighted by Gasteiger charge is -2.07. The van der Waals surface area contributed by atoms with Crippen LogP contribution in [0.3, 0.4) is 0 Å². The Morgan fingerprint density at radius 1 is 1.19 bits per heavy atom. The maximum Gasteiger partial charge on any atom is 0.348 e. The van der Waals surface area contributed by atoms with E-state index in [1.54, 1.807) is 10.8 Å². The average molecular weight is 509 g/mol. The van der Waals surface area contributed by atoms with E-state index in [9.17, 15) is 4.79 Å². The fourth-order valence-corrected chi connectivity index (χ4v) is 4.91. The topological polar surface area (TPSA) is 78.6 Å². The zero-order valence-electron chi connectivity index (χ0n) is 17.2. The lowest BCUT2D eigenvalue weighted by molar-refractivity contribution is 0.0605. The van der Waals surface area contributed by atoms with Crippen molar-refractivity contribution in [2.75, 3.05) is 7.11 Å². The van der Waals surface area contributed by atoms with Crippen LogP contribution in [-0.4, -0.2) is 32.7 Å². The predicted octanol–water partition coefficient (Wildman–Crippen LogP) is 5.44. The first-order valence-electron chi connectivity index (χ1n) is 9.74. The van der Waals surface area contributed by atoms with Crippen molar-refractivity contribution in [3.8, 4) is 17.1 Å². The zero-order chi connectivity index (χ0) is 22.2. The third kappa shape index (κ3) is 3.74. The first kappa shape index (κ1) is 20.6. The van der Waals surface area contributed by atoms with Crippen LogP contribution in [0.2, 0.25) is 0 Å². The Bertz CT molecular complexity index is 1480. The van der Waals surface area contributed by atoms with E-state index < -0.39 is 0 Å². The summed E-state index contributed by atoms with van der Waals surface area (Å²) in [6.45, 7) is 2.30. The highest BCUT2D eigenvalue weighted by molar-refractivity contribution is 9.10. The summed E-state index contributed by atoms with van der Waals surface area (Å²) in [5.74, 6) is 0.994. The van der Waals surface area contributed by atoms with Crippen molar-refractivity contribution in [1.82, 2.24) is 19.6 Å². The SMILES string of the molecule is COC(=O)c1sc2ncn3nc(-c4cccc(COc5cccc(Br)c5)c4)nc3c2c1C. The van der Waals surface area contributed by atoms with Crippen molar-refractivity contribution in [1.29, 1.82) is 0 Å². The molecule has 0 aliphatic rings. The molecular weight excluding hydrogens is 492 g/mol. The first-order valence-corrected chi connectivity index (χ1v) is 11.3. The van der Waals surface area contributed by atoms with Gasteiger partial charge in [0.2, 0.25) is 0 Å². The van der Waals surface area contributed by atoms with E-state index in [0.29, 0.717) is 23.0 Å². The number of hydrogen-bond donors (Lipinski definition) is 0. The third-order valence-corrected chi connectivity index (χ3v) is 6.70. The van der Waals surface area contributed by atoms with Gasteiger partial charge >= 0.3 is 5.97 Å². The molecule has 0 amide bonds. The lowest BCUT2D eigenvalue weighted by atomic mass is 10.1. The van der Waals surface area contributed by atoms with Crippen molar-refractivity contribution in [2.24, 2.45) is 0 Å². The number of halogens is 1. The molecule has 5 rings (SSSR count). The highest BCUT2D eigenvalue weighted by Gasteiger charge is 2.21. The number of methoxy groups -OCH3 is 1. The Balaban J connectivity index is 1.49. The van der Waals surface area contributed by atoms with Crippen LogP contribution in [0.4, 0.5) is 0 Å². The van der Waals surface area contributed by atoms with Gasteiger partial charge in [0.15, 0.2) is 11.5 Å². The van der Waals surface area contributed by atoms with E-state index in [1.165, 1.54) is 18.4 Å². The van der Waals surface area contributed by atoms with Crippen LogP contribution in [0.15, 0.2) is 59.3 Å². The fraction of sp³-hybridized carbons (Fsp3) is 0.130. The van der Waals surface area contributed by atoms with Gasteiger partial charge in [0.05, 0.1) is 12.5 Å². The highest BCUT2D eigenvalue weighted by atomic mass is 79.9. The Labute approximate surface area is 195 Å². The normalized spacial score (nSPS) is 11.2. The zero-order valence-corrected chi connectivity index (χ0v) is 19.6. The summed E-state index contributed by atoms with van der Waals surface area (Å²) in [7, 11) is 1.37. The average Bonchev–Trinajstić information content (AvgIpc) is 3.38. The van der Waals surface area contributed by atoms with Crippen LogP contribution in [0.5, 0.6) is 5.75 Å². The van der Waals surface area contributed by atoms with E-state index in [-0.39, 0.29) is 5.97 Å². The summed E-state index contributed by atoms with van der Waals surface area (Å²) >= 11 is 4.75. The molecule has 2 aromatic carbocycles. The number of thiophene rings is 1. The summed E-state index contributed by atoms with van der Waals surface area (Å²) in [6, 6.07) is 15.7. The Hall–Kier alpha value is -3.30. The molecule has 0 saturated heterocycles. The molecule has 0 spiro atoms. The number of carbonyl (C=O) groups excluding carboxylic acids is 1. The quantitative estimate of drug-likeness (QED) is 0.294. The van der Waals surface area contributed by atoms with Gasteiger partial charge in [-0.2, -0.15) is 0 Å². The minimum absolute atomic E-state index is 0.374. The van der Waals surface area contributed by atoms with Crippen LogP contribution in [-0.2, 0) is 11.3 Å². The molecule has 0 saturated carbocycles. The second kappa shape index (κ2) is 8.33. The fourth-order valence-electron chi connectivity index (χ4n) is 3.47. The van der Waals surface area contributed by atoms with Gasteiger partial charge in [-0.1, -0.05) is 40.2 Å². The number of fused-ring (bicyclic) bond motifs is 3. The predicted molar refractivity (Wildman–Crippen MR) is 126 cm³/mol. The standard InChI is InChI=1S/C23H17BrN4O3S/c1-13-18-21-26-20(27-28(21)12-25-22(18)32-19(13)23(29)30-2)15-6-3-5-14(9-15)11-31-17-8-4-7-16(24)10-17/h3-10,12H,11H2,1-2H3. The van der Waals surface area contributed by atoms with Crippen molar-refractivity contribution < 1.29 is 14.3 Å². The number of esters is 1. The third-order valence-electron chi connectivity index (χ3n) is 5.02. The smallest absolute Gasteiger partial charge is 0.348 e. The van der Waals surface area contributed by atoms with Crippen LogP contribution in [0.1, 0.15) is 20.8 Å². The van der Waals surface area contributed by atoms with Gasteiger partial charge in [-0.3, -0.25) is 0 Å². The molecular formula is C23H17BrN4O3S. The molecule has 160 valence electrons. The van der Waals surface area contributed by atoms with Crippen molar-refractivity contribution in [2.45, 2.75) is 13.5 Å². The van der Waals surface area contributed by atoms with E-state index >= 15 is 0 Å². The first-order chi connectivity index (χ1) is 15.5. The number of aromatic nitrogens is 4. The monoisotopic (exact) mass is 508 g/mol. The summed E-state index contributed by atoms with van der Waals surface area (Å²) in [6.07, 6.45) is 1.62. The summed E-state index contributed by atoms with van der Waals surface area (Å²) in [4.78, 5) is 22.6. The maximum atomic E-state index is 12.1. The number of rotatable bonds is 5. The lowest BCUT2D eigenvalue weighted by Crippen LogP contribution is -1.99. The molecule has 7 nitrogen and oxygen atoms in total. The summed E-state index contributed by atoms with van der Waals surface area (Å²) in [5, 5.41) is 5.41. The van der Waals surface area contributed by atoms with Crippen LogP contribution in [0, 0.1) is 6.92 Å². The Morgan fingerprint density at radius 2 is 2.03 bits per heavy atom. The molecule has 0 aliphatic heterocycles. The van der Waals surface area contributed by atoms with Crippen molar-refractivity contribution in [3.05, 3.63) is 75.3 Å². The van der Waals surface area contributed by atoms with Crippen molar-refractivity contribution in [3.63, 3.8) is 0 Å². The molecule has 0 radical (unpaired) electrons. The molecule has 9 heteroatoms. The summed E-state index contributed by atoms with van der Waals surface area (Å²) < 4.78 is 13.4. The van der Waals surface area contributed by atoms with Crippen molar-refractivity contribution >= 4 is 49.1 Å².